The highest BCUT2D eigenvalue weighted by atomic mass is 28.4. The maximum absolute atomic E-state index is 7.62. The van der Waals surface area contributed by atoms with Crippen molar-refractivity contribution in [2.45, 2.75) is 116 Å². The monoisotopic (exact) mass is 491 g/mol. The summed E-state index contributed by atoms with van der Waals surface area (Å²) in [4.78, 5) is 3.81. The lowest BCUT2D eigenvalue weighted by Gasteiger charge is -2.44. The van der Waals surface area contributed by atoms with Crippen LogP contribution in [0.25, 0.3) is 4.85 Å². The molecular weight excluding hydrogens is 442 g/mol. The van der Waals surface area contributed by atoms with E-state index in [-0.39, 0.29) is 11.1 Å². The lowest BCUT2D eigenvalue weighted by atomic mass is 10.0. The third kappa shape index (κ3) is 9.24. The molecule has 2 aromatic rings. The molecule has 0 saturated carbocycles. The first-order valence-electron chi connectivity index (χ1n) is 14.1. The summed E-state index contributed by atoms with van der Waals surface area (Å²) in [5.74, 6) is 0. The van der Waals surface area contributed by atoms with E-state index in [1.54, 1.807) is 0 Å². The maximum Gasteiger partial charge on any atom is 0.261 e. The van der Waals surface area contributed by atoms with Gasteiger partial charge in [-0.2, -0.15) is 0 Å². The fourth-order valence-corrected chi connectivity index (χ4v) is 9.97. The van der Waals surface area contributed by atoms with Crippen LogP contribution in [0.3, 0.4) is 0 Å². The highest BCUT2D eigenvalue weighted by Crippen LogP contribution is 2.38. The van der Waals surface area contributed by atoms with E-state index in [9.17, 15) is 0 Å². The molecule has 0 amide bonds. The molecule has 35 heavy (non-hydrogen) atoms. The molecule has 0 spiro atoms. The van der Waals surface area contributed by atoms with E-state index < -0.39 is 8.32 Å². The van der Waals surface area contributed by atoms with Gasteiger partial charge in [0.2, 0.25) is 6.54 Å². The Morgan fingerprint density at radius 3 is 1.54 bits per heavy atom. The van der Waals surface area contributed by atoms with Crippen LogP contribution >= 0.6 is 0 Å². The zero-order valence-electron chi connectivity index (χ0n) is 22.9. The fourth-order valence-electron chi connectivity index (χ4n) is 5.27. The molecule has 0 saturated heterocycles. The van der Waals surface area contributed by atoms with Crippen LogP contribution in [0.2, 0.25) is 5.04 Å². The Labute approximate surface area is 217 Å². The standard InChI is InChI=1S/C32H49NOSi/c1-6-7-8-9-10-11-12-13-14-15-18-23-29(28-33-5)34-35(32(2,3)4,30-24-19-16-20-25-30)31-26-21-17-22-27-31/h16-17,19-22,24-27,29H,6-15,18,23,28H2,1-4H3. The molecule has 2 rings (SSSR count). The summed E-state index contributed by atoms with van der Waals surface area (Å²) in [7, 11) is -2.59. The van der Waals surface area contributed by atoms with E-state index in [2.05, 4.69) is 93.2 Å². The van der Waals surface area contributed by atoms with Gasteiger partial charge in [0.05, 0.1) is 0 Å². The predicted octanol–water partition coefficient (Wildman–Crippen LogP) is 8.55. The van der Waals surface area contributed by atoms with Crippen molar-refractivity contribution in [3.8, 4) is 0 Å². The van der Waals surface area contributed by atoms with Gasteiger partial charge in [0.1, 0.15) is 6.10 Å². The second-order valence-corrected chi connectivity index (χ2v) is 15.3. The van der Waals surface area contributed by atoms with E-state index in [1.807, 2.05) is 0 Å². The number of unbranched alkanes of at least 4 members (excludes halogenated alkanes) is 10. The summed E-state index contributed by atoms with van der Waals surface area (Å²) in [5.41, 5.74) is 0. The minimum Gasteiger partial charge on any atom is -0.397 e. The average molecular weight is 492 g/mol. The van der Waals surface area contributed by atoms with E-state index in [0.717, 1.165) is 12.8 Å². The number of nitrogens with zero attached hydrogens (tertiary/aromatic N) is 1. The van der Waals surface area contributed by atoms with Gasteiger partial charge >= 0.3 is 0 Å². The topological polar surface area (TPSA) is 13.6 Å². The molecule has 0 aromatic heterocycles. The van der Waals surface area contributed by atoms with Crippen molar-refractivity contribution in [3.63, 3.8) is 0 Å². The minimum atomic E-state index is -2.59. The Kier molecular flexibility index (Phi) is 13.4. The molecule has 192 valence electrons. The Bertz CT molecular complexity index is 798. The number of hydrogen-bond acceptors (Lipinski definition) is 1. The fraction of sp³-hybridized carbons (Fsp3) is 0.594. The highest BCUT2D eigenvalue weighted by Gasteiger charge is 2.51. The van der Waals surface area contributed by atoms with Crippen molar-refractivity contribution >= 4 is 18.7 Å². The third-order valence-electron chi connectivity index (χ3n) is 7.18. The second-order valence-electron chi connectivity index (χ2n) is 11.1. The molecule has 0 aliphatic rings. The molecule has 0 fully saturated rings. The van der Waals surface area contributed by atoms with Crippen molar-refractivity contribution in [2.75, 3.05) is 6.54 Å². The molecule has 2 aromatic carbocycles. The van der Waals surface area contributed by atoms with Gasteiger partial charge in [-0.3, -0.25) is 0 Å². The van der Waals surface area contributed by atoms with Crippen LogP contribution in [0.1, 0.15) is 105 Å². The highest BCUT2D eigenvalue weighted by molar-refractivity contribution is 6.99. The third-order valence-corrected chi connectivity index (χ3v) is 12.3. The molecule has 1 unspecified atom stereocenters. The summed E-state index contributed by atoms with van der Waals surface area (Å²) in [6.07, 6.45) is 15.7. The van der Waals surface area contributed by atoms with Gasteiger partial charge in [-0.05, 0) is 21.8 Å². The molecule has 0 aliphatic carbocycles. The maximum atomic E-state index is 7.62. The second kappa shape index (κ2) is 16.0. The summed E-state index contributed by atoms with van der Waals surface area (Å²) in [5, 5.41) is 2.55. The van der Waals surface area contributed by atoms with Gasteiger partial charge in [0.15, 0.2) is 0 Å². The Balaban J connectivity index is 2.01. The first kappa shape index (κ1) is 29.3. The summed E-state index contributed by atoms with van der Waals surface area (Å²) in [6.45, 7) is 17.3. The van der Waals surface area contributed by atoms with Crippen LogP contribution in [0, 0.1) is 6.57 Å². The van der Waals surface area contributed by atoms with E-state index >= 15 is 0 Å². The lowest BCUT2D eigenvalue weighted by molar-refractivity contribution is 0.188. The van der Waals surface area contributed by atoms with Crippen LogP contribution in [0.5, 0.6) is 0 Å². The number of rotatable bonds is 17. The SMILES string of the molecule is [C-]#[N+]CC(CCCCCCCCCCCCC)O[Si](c1ccccc1)(c1ccccc1)C(C)(C)C. The van der Waals surface area contributed by atoms with Crippen molar-refractivity contribution < 1.29 is 4.43 Å². The summed E-state index contributed by atoms with van der Waals surface area (Å²) < 4.78 is 7.23. The van der Waals surface area contributed by atoms with Crippen molar-refractivity contribution in [1.29, 1.82) is 0 Å². The number of benzene rings is 2. The van der Waals surface area contributed by atoms with Gasteiger partial charge in [0.25, 0.3) is 8.32 Å². The Hall–Kier alpha value is -1.89. The van der Waals surface area contributed by atoms with E-state index in [0.29, 0.717) is 6.54 Å². The van der Waals surface area contributed by atoms with Crippen LogP contribution in [0.4, 0.5) is 0 Å². The van der Waals surface area contributed by atoms with Crippen molar-refractivity contribution in [1.82, 2.24) is 0 Å². The van der Waals surface area contributed by atoms with E-state index in [4.69, 9.17) is 11.0 Å². The van der Waals surface area contributed by atoms with Gasteiger partial charge in [-0.15, -0.1) is 0 Å². The predicted molar refractivity (Wildman–Crippen MR) is 155 cm³/mol. The first-order valence-corrected chi connectivity index (χ1v) is 16.0. The van der Waals surface area contributed by atoms with Gasteiger partial charge in [-0.1, -0.05) is 159 Å². The zero-order chi connectivity index (χ0) is 25.4. The molecule has 1 atom stereocenters. The quantitative estimate of drug-likeness (QED) is 0.123. The van der Waals surface area contributed by atoms with Crippen LogP contribution < -0.4 is 10.4 Å². The van der Waals surface area contributed by atoms with Gasteiger partial charge in [-0.25, -0.2) is 6.57 Å². The Morgan fingerprint density at radius 1 is 0.714 bits per heavy atom. The average Bonchev–Trinajstić information content (AvgIpc) is 2.86. The molecule has 2 nitrogen and oxygen atoms in total. The molecular formula is C32H49NOSi. The zero-order valence-corrected chi connectivity index (χ0v) is 23.9. The molecule has 0 radical (unpaired) electrons. The minimum absolute atomic E-state index is 0.0163. The summed E-state index contributed by atoms with van der Waals surface area (Å²) in [6, 6.07) is 21.6. The Morgan fingerprint density at radius 2 is 1.14 bits per heavy atom. The van der Waals surface area contributed by atoms with Crippen LogP contribution in [0.15, 0.2) is 60.7 Å². The van der Waals surface area contributed by atoms with Gasteiger partial charge in [0, 0.05) is 0 Å². The van der Waals surface area contributed by atoms with Crippen molar-refractivity contribution in [3.05, 3.63) is 72.1 Å². The molecule has 0 aliphatic heterocycles. The van der Waals surface area contributed by atoms with Crippen molar-refractivity contribution in [2.24, 2.45) is 0 Å². The van der Waals surface area contributed by atoms with Crippen LogP contribution in [-0.2, 0) is 4.43 Å². The molecule has 3 heteroatoms. The molecule has 0 N–H and O–H groups in total. The normalized spacial score (nSPS) is 12.9. The lowest BCUT2D eigenvalue weighted by Crippen LogP contribution is -2.67. The molecule has 0 bridgehead atoms. The molecule has 0 heterocycles. The van der Waals surface area contributed by atoms with Crippen LogP contribution in [-0.4, -0.2) is 21.0 Å². The smallest absolute Gasteiger partial charge is 0.261 e. The number of hydrogen-bond donors (Lipinski definition) is 0. The first-order chi connectivity index (χ1) is 17.0. The largest absolute Gasteiger partial charge is 0.397 e. The van der Waals surface area contributed by atoms with E-state index in [1.165, 1.54) is 74.6 Å². The summed E-state index contributed by atoms with van der Waals surface area (Å²) >= 11 is 0. The van der Waals surface area contributed by atoms with Gasteiger partial charge < -0.3 is 9.27 Å².